The summed E-state index contributed by atoms with van der Waals surface area (Å²) in [6.45, 7) is 4.61. The standard InChI is InChI=1S/C19H20N2O3S2/c1-12-16(19(23)24-3)13(2)20-17(12)18(22)21(10-14-6-4-8-25-14)11-15-7-5-9-26-15/h4-9,20H,10-11H2,1-3H3. The molecule has 0 unspecified atom stereocenters. The van der Waals surface area contributed by atoms with E-state index in [-0.39, 0.29) is 5.91 Å². The van der Waals surface area contributed by atoms with Gasteiger partial charge in [0.05, 0.1) is 25.8 Å². The second-order valence-electron chi connectivity index (χ2n) is 5.94. The predicted molar refractivity (Wildman–Crippen MR) is 104 cm³/mol. The minimum absolute atomic E-state index is 0.123. The Morgan fingerprint density at radius 2 is 1.65 bits per heavy atom. The molecule has 0 aliphatic rings. The van der Waals surface area contributed by atoms with Crippen LogP contribution in [0, 0.1) is 13.8 Å². The first-order chi connectivity index (χ1) is 12.5. The van der Waals surface area contributed by atoms with Crippen LogP contribution in [0.15, 0.2) is 35.0 Å². The highest BCUT2D eigenvalue weighted by Crippen LogP contribution is 2.24. The SMILES string of the molecule is COC(=O)c1c(C)[nH]c(C(=O)N(Cc2cccs2)Cc2cccs2)c1C. The summed E-state index contributed by atoms with van der Waals surface area (Å²) in [7, 11) is 1.34. The first kappa shape index (κ1) is 18.4. The highest BCUT2D eigenvalue weighted by Gasteiger charge is 2.26. The minimum atomic E-state index is -0.432. The van der Waals surface area contributed by atoms with Crippen LogP contribution in [0.3, 0.4) is 0 Å². The molecule has 5 nitrogen and oxygen atoms in total. The van der Waals surface area contributed by atoms with Gasteiger partial charge in [-0.15, -0.1) is 22.7 Å². The van der Waals surface area contributed by atoms with Gasteiger partial charge in [-0.25, -0.2) is 4.79 Å². The third-order valence-corrected chi connectivity index (χ3v) is 5.90. The fourth-order valence-corrected chi connectivity index (χ4v) is 4.35. The summed E-state index contributed by atoms with van der Waals surface area (Å²) in [6, 6.07) is 8.00. The van der Waals surface area contributed by atoms with Crippen LogP contribution >= 0.6 is 22.7 Å². The van der Waals surface area contributed by atoms with Crippen molar-refractivity contribution in [3.05, 3.63) is 67.3 Å². The first-order valence-electron chi connectivity index (χ1n) is 8.12. The number of nitrogens with one attached hydrogen (secondary N) is 1. The summed E-state index contributed by atoms with van der Waals surface area (Å²) in [5.41, 5.74) is 2.14. The second-order valence-corrected chi connectivity index (χ2v) is 8.00. The Morgan fingerprint density at radius 1 is 1.08 bits per heavy atom. The molecule has 0 aliphatic carbocycles. The molecule has 0 aromatic carbocycles. The zero-order valence-corrected chi connectivity index (χ0v) is 16.5. The van der Waals surface area contributed by atoms with Crippen LogP contribution in [0.4, 0.5) is 0 Å². The van der Waals surface area contributed by atoms with Gasteiger partial charge in [-0.1, -0.05) is 12.1 Å². The summed E-state index contributed by atoms with van der Waals surface area (Å²) >= 11 is 3.25. The molecule has 0 aliphatic heterocycles. The molecule has 3 rings (SSSR count). The molecule has 0 saturated carbocycles. The zero-order valence-electron chi connectivity index (χ0n) is 14.9. The largest absolute Gasteiger partial charge is 0.465 e. The molecule has 0 saturated heterocycles. The number of esters is 1. The van der Waals surface area contributed by atoms with Crippen molar-refractivity contribution in [2.45, 2.75) is 26.9 Å². The molecule has 1 N–H and O–H groups in total. The maximum Gasteiger partial charge on any atom is 0.339 e. The van der Waals surface area contributed by atoms with E-state index < -0.39 is 5.97 Å². The van der Waals surface area contributed by atoms with Crippen molar-refractivity contribution in [1.82, 2.24) is 9.88 Å². The average Bonchev–Trinajstić information content (AvgIpc) is 3.36. The number of carbonyl (C=O) groups excluding carboxylic acids is 2. The van der Waals surface area contributed by atoms with Crippen LogP contribution in [-0.4, -0.2) is 28.9 Å². The second kappa shape index (κ2) is 7.88. The predicted octanol–water partition coefficient (Wildman–Crippen LogP) is 4.38. The molecule has 0 bridgehead atoms. The fraction of sp³-hybridized carbons (Fsp3) is 0.263. The number of aromatic amines is 1. The number of nitrogens with zero attached hydrogens (tertiary/aromatic N) is 1. The van der Waals surface area contributed by atoms with Crippen LogP contribution in [0.5, 0.6) is 0 Å². The van der Waals surface area contributed by atoms with Crippen molar-refractivity contribution in [3.63, 3.8) is 0 Å². The molecule has 0 fully saturated rings. The van der Waals surface area contributed by atoms with Gasteiger partial charge in [0.25, 0.3) is 5.91 Å². The van der Waals surface area contributed by atoms with Gasteiger partial charge in [-0.05, 0) is 42.3 Å². The summed E-state index contributed by atoms with van der Waals surface area (Å²) in [6.07, 6.45) is 0. The molecule has 0 spiro atoms. The van der Waals surface area contributed by atoms with E-state index in [0.29, 0.717) is 35.6 Å². The Hall–Kier alpha value is -2.38. The van der Waals surface area contributed by atoms with E-state index >= 15 is 0 Å². The Labute approximate surface area is 160 Å². The number of H-pyrrole nitrogens is 1. The monoisotopic (exact) mass is 388 g/mol. The van der Waals surface area contributed by atoms with Crippen molar-refractivity contribution >= 4 is 34.6 Å². The summed E-state index contributed by atoms with van der Waals surface area (Å²) in [5, 5.41) is 4.01. The fourth-order valence-electron chi connectivity index (χ4n) is 2.91. The highest BCUT2D eigenvalue weighted by molar-refractivity contribution is 7.10. The number of aromatic nitrogens is 1. The molecular weight excluding hydrogens is 368 g/mol. The van der Waals surface area contributed by atoms with E-state index in [4.69, 9.17) is 4.74 Å². The van der Waals surface area contributed by atoms with Gasteiger partial charge in [0.1, 0.15) is 5.69 Å². The van der Waals surface area contributed by atoms with Gasteiger partial charge >= 0.3 is 5.97 Å². The van der Waals surface area contributed by atoms with E-state index in [0.717, 1.165) is 9.75 Å². The molecule has 1 amide bonds. The molecule has 7 heteroatoms. The number of rotatable bonds is 6. The third-order valence-electron chi connectivity index (χ3n) is 4.18. The first-order valence-corrected chi connectivity index (χ1v) is 9.88. The van der Waals surface area contributed by atoms with Gasteiger partial charge in [0.15, 0.2) is 0 Å². The van der Waals surface area contributed by atoms with E-state index in [1.54, 1.807) is 41.4 Å². The van der Waals surface area contributed by atoms with Gasteiger partial charge in [-0.2, -0.15) is 0 Å². The van der Waals surface area contributed by atoms with Gasteiger partial charge in [0.2, 0.25) is 0 Å². The lowest BCUT2D eigenvalue weighted by atomic mass is 10.1. The Bertz CT molecular complexity index is 860. The minimum Gasteiger partial charge on any atom is -0.465 e. The summed E-state index contributed by atoms with van der Waals surface area (Å²) < 4.78 is 4.84. The lowest BCUT2D eigenvalue weighted by molar-refractivity contribution is 0.0599. The number of hydrogen-bond donors (Lipinski definition) is 1. The van der Waals surface area contributed by atoms with E-state index in [1.807, 2.05) is 35.0 Å². The van der Waals surface area contributed by atoms with Crippen LogP contribution < -0.4 is 0 Å². The van der Waals surface area contributed by atoms with Crippen molar-refractivity contribution < 1.29 is 14.3 Å². The number of hydrogen-bond acceptors (Lipinski definition) is 5. The van der Waals surface area contributed by atoms with Gasteiger partial charge < -0.3 is 14.6 Å². The number of thiophene rings is 2. The van der Waals surface area contributed by atoms with Gasteiger partial charge in [0, 0.05) is 15.4 Å². The van der Waals surface area contributed by atoms with Crippen LogP contribution in [0.2, 0.25) is 0 Å². The third kappa shape index (κ3) is 3.73. The van der Waals surface area contributed by atoms with Crippen molar-refractivity contribution in [3.8, 4) is 0 Å². The van der Waals surface area contributed by atoms with Crippen LogP contribution in [-0.2, 0) is 17.8 Å². The number of carbonyl (C=O) groups is 2. The Kier molecular flexibility index (Phi) is 5.58. The lowest BCUT2D eigenvalue weighted by Gasteiger charge is -2.21. The van der Waals surface area contributed by atoms with E-state index in [9.17, 15) is 9.59 Å². The molecule has 26 heavy (non-hydrogen) atoms. The molecule has 3 aromatic rings. The number of ether oxygens (including phenoxy) is 1. The molecule has 136 valence electrons. The zero-order chi connectivity index (χ0) is 18.7. The summed E-state index contributed by atoms with van der Waals surface area (Å²) in [4.78, 5) is 32.4. The normalized spacial score (nSPS) is 10.7. The number of methoxy groups -OCH3 is 1. The molecule has 0 radical (unpaired) electrons. The van der Waals surface area contributed by atoms with Crippen LogP contribution in [0.25, 0.3) is 0 Å². The Balaban J connectivity index is 1.93. The molecule has 0 atom stereocenters. The quantitative estimate of drug-likeness (QED) is 0.637. The molecular formula is C19H20N2O3S2. The van der Waals surface area contributed by atoms with Gasteiger partial charge in [-0.3, -0.25) is 4.79 Å². The highest BCUT2D eigenvalue weighted by atomic mass is 32.1. The topological polar surface area (TPSA) is 62.4 Å². The maximum atomic E-state index is 13.2. The number of amides is 1. The van der Waals surface area contributed by atoms with Crippen molar-refractivity contribution in [1.29, 1.82) is 0 Å². The molecule has 3 heterocycles. The van der Waals surface area contributed by atoms with Crippen molar-refractivity contribution in [2.75, 3.05) is 7.11 Å². The maximum absolute atomic E-state index is 13.2. The van der Waals surface area contributed by atoms with Crippen molar-refractivity contribution in [2.24, 2.45) is 0 Å². The number of aryl methyl sites for hydroxylation is 1. The summed E-state index contributed by atoms with van der Waals surface area (Å²) in [5.74, 6) is -0.555. The lowest BCUT2D eigenvalue weighted by Crippen LogP contribution is -2.30. The molecule has 3 aromatic heterocycles. The van der Waals surface area contributed by atoms with E-state index in [1.165, 1.54) is 7.11 Å². The van der Waals surface area contributed by atoms with E-state index in [2.05, 4.69) is 4.98 Å². The average molecular weight is 389 g/mol. The smallest absolute Gasteiger partial charge is 0.339 e. The Morgan fingerprint density at radius 3 is 2.12 bits per heavy atom. The van der Waals surface area contributed by atoms with Crippen LogP contribution in [0.1, 0.15) is 41.9 Å².